The quantitative estimate of drug-likeness (QED) is 0.824. The number of aryl methyl sites for hydroxylation is 2. The van der Waals surface area contributed by atoms with Gasteiger partial charge in [0.1, 0.15) is 0 Å². The second-order valence-electron chi connectivity index (χ2n) is 3.47. The third-order valence-electron chi connectivity index (χ3n) is 2.48. The van der Waals surface area contributed by atoms with Crippen molar-refractivity contribution in [1.82, 2.24) is 19.8 Å². The van der Waals surface area contributed by atoms with Gasteiger partial charge in [-0.05, 0) is 6.42 Å². The van der Waals surface area contributed by atoms with Gasteiger partial charge < -0.3 is 4.74 Å². The predicted molar refractivity (Wildman–Crippen MR) is 56.8 cm³/mol. The second kappa shape index (κ2) is 4.02. The zero-order chi connectivity index (χ0) is 10.8. The van der Waals surface area contributed by atoms with Crippen LogP contribution in [0.15, 0.2) is 0 Å². The van der Waals surface area contributed by atoms with Crippen molar-refractivity contribution < 1.29 is 4.74 Å². The molecule has 0 saturated heterocycles. The van der Waals surface area contributed by atoms with Gasteiger partial charge in [0.05, 0.1) is 12.3 Å². The summed E-state index contributed by atoms with van der Waals surface area (Å²) in [6.45, 7) is 4.74. The highest BCUT2D eigenvalue weighted by Gasteiger charge is 2.13. The number of nitrogens with one attached hydrogen (secondary N) is 1. The molecule has 0 unspecified atom stereocenters. The zero-order valence-electron chi connectivity index (χ0n) is 9.37. The first-order valence-corrected chi connectivity index (χ1v) is 5.24. The highest BCUT2D eigenvalue weighted by atomic mass is 16.5. The molecule has 5 heteroatoms. The van der Waals surface area contributed by atoms with Crippen LogP contribution < -0.4 is 0 Å². The Morgan fingerprint density at radius 3 is 2.73 bits per heavy atom. The average Bonchev–Trinajstić information content (AvgIpc) is 2.74. The summed E-state index contributed by atoms with van der Waals surface area (Å²) in [6, 6.07) is 0. The summed E-state index contributed by atoms with van der Waals surface area (Å²) in [7, 11) is 1.69. The molecule has 0 aliphatic carbocycles. The van der Waals surface area contributed by atoms with Crippen LogP contribution in [0.3, 0.4) is 0 Å². The van der Waals surface area contributed by atoms with Gasteiger partial charge in [-0.1, -0.05) is 13.8 Å². The van der Waals surface area contributed by atoms with Gasteiger partial charge >= 0.3 is 0 Å². The summed E-state index contributed by atoms with van der Waals surface area (Å²) in [5.41, 5.74) is 3.20. The third-order valence-corrected chi connectivity index (χ3v) is 2.48. The van der Waals surface area contributed by atoms with Crippen LogP contribution in [-0.4, -0.2) is 26.9 Å². The predicted octanol–water partition coefficient (Wildman–Crippen LogP) is 1.33. The van der Waals surface area contributed by atoms with E-state index in [4.69, 9.17) is 4.74 Å². The molecule has 0 spiro atoms. The van der Waals surface area contributed by atoms with Gasteiger partial charge in [0.15, 0.2) is 11.5 Å². The van der Waals surface area contributed by atoms with Crippen molar-refractivity contribution in [1.29, 1.82) is 0 Å². The van der Waals surface area contributed by atoms with Crippen LogP contribution in [0.2, 0.25) is 0 Å². The molecule has 5 nitrogen and oxygen atoms in total. The number of hydrogen-bond acceptors (Lipinski definition) is 3. The van der Waals surface area contributed by atoms with Crippen LogP contribution in [-0.2, 0) is 24.2 Å². The van der Waals surface area contributed by atoms with E-state index in [0.717, 1.165) is 30.0 Å². The number of aromatic nitrogens is 4. The van der Waals surface area contributed by atoms with E-state index in [1.165, 1.54) is 5.56 Å². The Hall–Kier alpha value is -1.36. The molecule has 0 atom stereocenters. The summed E-state index contributed by atoms with van der Waals surface area (Å²) in [5, 5.41) is 7.53. The Bertz CT molecular complexity index is 457. The van der Waals surface area contributed by atoms with Crippen molar-refractivity contribution in [3.05, 3.63) is 17.1 Å². The van der Waals surface area contributed by atoms with E-state index >= 15 is 0 Å². The summed E-state index contributed by atoms with van der Waals surface area (Å²) in [5.74, 6) is 0.875. The van der Waals surface area contributed by atoms with Crippen molar-refractivity contribution >= 4 is 5.65 Å². The van der Waals surface area contributed by atoms with Crippen molar-refractivity contribution in [3.63, 3.8) is 0 Å². The normalized spacial score (nSPS) is 11.4. The lowest BCUT2D eigenvalue weighted by Gasteiger charge is -1.97. The fourth-order valence-electron chi connectivity index (χ4n) is 1.74. The molecule has 82 valence electrons. The van der Waals surface area contributed by atoms with Gasteiger partial charge in [0, 0.05) is 19.1 Å². The van der Waals surface area contributed by atoms with E-state index in [9.17, 15) is 0 Å². The van der Waals surface area contributed by atoms with E-state index in [1.807, 2.05) is 0 Å². The maximum absolute atomic E-state index is 5.13. The largest absolute Gasteiger partial charge is 0.378 e. The van der Waals surface area contributed by atoms with Crippen LogP contribution in [0.4, 0.5) is 0 Å². The second-order valence-corrected chi connectivity index (χ2v) is 3.47. The van der Waals surface area contributed by atoms with Crippen LogP contribution in [0.1, 0.15) is 30.9 Å². The minimum Gasteiger partial charge on any atom is -0.378 e. The molecule has 1 N–H and O–H groups in total. The number of aromatic amines is 1. The fourth-order valence-corrected chi connectivity index (χ4v) is 1.74. The zero-order valence-corrected chi connectivity index (χ0v) is 9.37. The van der Waals surface area contributed by atoms with Crippen molar-refractivity contribution in [2.24, 2.45) is 0 Å². The number of hydrogen-bond donors (Lipinski definition) is 1. The lowest BCUT2D eigenvalue weighted by atomic mass is 10.2. The van der Waals surface area contributed by atoms with Crippen LogP contribution in [0.5, 0.6) is 0 Å². The van der Waals surface area contributed by atoms with Crippen molar-refractivity contribution in [3.8, 4) is 0 Å². The molecule has 2 aromatic heterocycles. The topological polar surface area (TPSA) is 55.2 Å². The summed E-state index contributed by atoms with van der Waals surface area (Å²) in [6.07, 6.45) is 1.80. The molecule has 2 heterocycles. The molecule has 2 rings (SSSR count). The first-order valence-electron chi connectivity index (χ1n) is 5.24. The van der Waals surface area contributed by atoms with Crippen LogP contribution in [0, 0.1) is 0 Å². The Kier molecular flexibility index (Phi) is 2.73. The Morgan fingerprint density at radius 1 is 1.33 bits per heavy atom. The average molecular weight is 208 g/mol. The molecule has 15 heavy (non-hydrogen) atoms. The maximum Gasteiger partial charge on any atom is 0.179 e. The van der Waals surface area contributed by atoms with E-state index in [-0.39, 0.29) is 0 Å². The van der Waals surface area contributed by atoms with E-state index in [1.54, 1.807) is 11.7 Å². The smallest absolute Gasteiger partial charge is 0.179 e. The monoisotopic (exact) mass is 208 g/mol. The molecule has 0 saturated carbocycles. The molecule has 0 fully saturated rings. The Labute approximate surface area is 88.4 Å². The van der Waals surface area contributed by atoms with Gasteiger partial charge in [-0.25, -0.2) is 4.98 Å². The van der Waals surface area contributed by atoms with Crippen LogP contribution >= 0.6 is 0 Å². The minimum atomic E-state index is 0.579. The molecule has 0 aliphatic heterocycles. The Morgan fingerprint density at radius 2 is 2.13 bits per heavy atom. The van der Waals surface area contributed by atoms with Gasteiger partial charge in [-0.2, -0.15) is 4.63 Å². The minimum absolute atomic E-state index is 0.579. The molecule has 0 bridgehead atoms. The lowest BCUT2D eigenvalue weighted by molar-refractivity contribution is 0.180. The van der Waals surface area contributed by atoms with Gasteiger partial charge in [-0.3, -0.25) is 5.10 Å². The molecular weight excluding hydrogens is 192 g/mol. The van der Waals surface area contributed by atoms with Gasteiger partial charge in [-0.15, -0.1) is 5.10 Å². The van der Waals surface area contributed by atoms with Gasteiger partial charge in [0.25, 0.3) is 0 Å². The number of nitrogens with zero attached hydrogens (tertiary/aromatic N) is 3. The number of methoxy groups -OCH3 is 1. The third kappa shape index (κ3) is 1.63. The Balaban J connectivity index is 2.51. The first-order chi connectivity index (χ1) is 7.30. The molecule has 0 amide bonds. The molecule has 0 aliphatic rings. The first kappa shape index (κ1) is 10.2. The van der Waals surface area contributed by atoms with Gasteiger partial charge in [0.2, 0.25) is 0 Å². The molecule has 2 aromatic rings. The van der Waals surface area contributed by atoms with E-state index in [2.05, 4.69) is 29.0 Å². The maximum atomic E-state index is 5.13. The molecular formula is C10H16N4O. The van der Waals surface area contributed by atoms with Crippen LogP contribution in [0.25, 0.3) is 5.65 Å². The SMILES string of the molecule is CCc1nc2c(CC)c(COC)[nH]n2n1. The van der Waals surface area contributed by atoms with E-state index in [0.29, 0.717) is 6.61 Å². The number of fused-ring (bicyclic) bond motifs is 1. The number of ether oxygens (including phenoxy) is 1. The summed E-state index contributed by atoms with van der Waals surface area (Å²) in [4.78, 5) is 4.47. The molecule has 0 radical (unpaired) electrons. The molecule has 0 aromatic carbocycles. The summed E-state index contributed by atoms with van der Waals surface area (Å²) >= 11 is 0. The standard InChI is InChI=1S/C10H16N4O/c1-4-7-8(6-15-3)12-14-10(7)11-9(5-2)13-14/h12H,4-6H2,1-3H3. The number of rotatable bonds is 4. The van der Waals surface area contributed by atoms with Crippen molar-refractivity contribution in [2.75, 3.05) is 7.11 Å². The highest BCUT2D eigenvalue weighted by Crippen LogP contribution is 2.15. The van der Waals surface area contributed by atoms with E-state index < -0.39 is 0 Å². The lowest BCUT2D eigenvalue weighted by Crippen LogP contribution is -1.95. The number of H-pyrrole nitrogens is 1. The summed E-state index contributed by atoms with van der Waals surface area (Å²) < 4.78 is 6.87. The van der Waals surface area contributed by atoms with Crippen molar-refractivity contribution in [2.45, 2.75) is 33.3 Å². The highest BCUT2D eigenvalue weighted by molar-refractivity contribution is 5.49. The fraction of sp³-hybridized carbons (Fsp3) is 0.600.